The van der Waals surface area contributed by atoms with Gasteiger partial charge in [0.05, 0.1) is 0 Å². The molecule has 2 aromatic rings. The van der Waals surface area contributed by atoms with Crippen molar-refractivity contribution < 1.29 is 43.3 Å². The quantitative estimate of drug-likeness (QED) is 0.439. The monoisotopic (exact) mass is 653 g/mol. The number of hydrogen-bond acceptors (Lipinski definition) is 0. The molecule has 1 aromatic heterocycles. The van der Waals surface area contributed by atoms with E-state index >= 15 is 0 Å². The molecule has 0 spiro atoms. The summed E-state index contributed by atoms with van der Waals surface area (Å²) < 4.78 is 6.26. The molecule has 1 heterocycles. The summed E-state index contributed by atoms with van der Waals surface area (Å²) >= 11 is 2.27. The van der Waals surface area contributed by atoms with Gasteiger partial charge in [0.25, 0.3) is 0 Å². The second kappa shape index (κ2) is 15.1. The van der Waals surface area contributed by atoms with E-state index in [0.29, 0.717) is 6.04 Å². The minimum atomic E-state index is 0. The molecule has 0 bridgehead atoms. The summed E-state index contributed by atoms with van der Waals surface area (Å²) in [4.78, 5) is 0. The molecule has 1 aromatic carbocycles. The summed E-state index contributed by atoms with van der Waals surface area (Å²) in [5.41, 5.74) is 5.43. The Kier molecular flexibility index (Phi) is 13.8. The van der Waals surface area contributed by atoms with Crippen LogP contribution in [0.5, 0.6) is 0 Å². The normalized spacial score (nSPS) is 18.5. The van der Waals surface area contributed by atoms with Crippen LogP contribution in [0.1, 0.15) is 86.9 Å². The Morgan fingerprint density at radius 3 is 1.81 bits per heavy atom. The van der Waals surface area contributed by atoms with Crippen LogP contribution in [-0.2, 0) is 18.4 Å². The van der Waals surface area contributed by atoms with Crippen LogP contribution in [0.2, 0.25) is 0 Å². The predicted octanol–water partition coefficient (Wildman–Crippen LogP) is 1.86. The molecule has 0 N–H and O–H groups in total. The van der Waals surface area contributed by atoms with Crippen molar-refractivity contribution in [2.24, 2.45) is 0 Å². The van der Waals surface area contributed by atoms with Crippen molar-refractivity contribution >= 4 is 0 Å². The first-order valence-corrected chi connectivity index (χ1v) is 12.9. The standard InChI is InChI=1S/C19H26N2.C8H12.2ClH.Ir/c1-15-12-16(2)19(17(3)13-15)21-11-10-20(14-21)18-8-6-4-5-7-9-18;1-2-4-6-8-7-5-3-1;;;/h10-13,18H,4-9H2,1-3H3;1-4H,5-8H2;2*1H;/q;;;;+2/p-2/b;3-1-,4-2-;;;. The van der Waals surface area contributed by atoms with Gasteiger partial charge in [-0.2, -0.15) is 0 Å². The van der Waals surface area contributed by atoms with Crippen molar-refractivity contribution in [1.29, 1.82) is 0 Å². The van der Waals surface area contributed by atoms with E-state index in [-0.39, 0.29) is 24.8 Å². The number of allylic oxidation sites excluding steroid dienone is 4. The number of benzene rings is 1. The molecule has 1 fully saturated rings. The molecule has 32 heavy (non-hydrogen) atoms. The summed E-state index contributed by atoms with van der Waals surface area (Å²) in [6.07, 6.45) is 26.8. The molecular formula is C27H38Cl2IrN2. The van der Waals surface area contributed by atoms with E-state index in [0.717, 1.165) is 0 Å². The average molecular weight is 654 g/mol. The number of hydrogen-bond donors (Lipinski definition) is 0. The van der Waals surface area contributed by atoms with Crippen molar-refractivity contribution in [1.82, 2.24) is 9.13 Å². The smallest absolute Gasteiger partial charge is 1.00 e. The van der Waals surface area contributed by atoms with Crippen molar-refractivity contribution in [3.05, 3.63) is 69.5 Å². The Bertz CT molecular complexity index is 894. The molecule has 4 rings (SSSR count). The number of aryl methyl sites for hydroxylation is 3. The maximum Gasteiger partial charge on any atom is -1.00 e. The zero-order valence-corrected chi connectivity index (χ0v) is 23.7. The number of imidazole rings is 1. The van der Waals surface area contributed by atoms with Crippen LogP contribution >= 0.6 is 0 Å². The third-order valence-electron chi connectivity index (χ3n) is 6.24. The second-order valence-corrected chi connectivity index (χ2v) is 9.93. The summed E-state index contributed by atoms with van der Waals surface area (Å²) in [5.74, 6) is 0. The topological polar surface area (TPSA) is 9.86 Å². The first kappa shape index (κ1) is 29.2. The van der Waals surface area contributed by atoms with Crippen LogP contribution in [0, 0.1) is 24.7 Å². The van der Waals surface area contributed by atoms with Crippen LogP contribution in [0.4, 0.5) is 0 Å². The van der Waals surface area contributed by atoms with Crippen LogP contribution in [0.25, 0.3) is 5.69 Å². The van der Waals surface area contributed by atoms with Crippen LogP contribution in [0.15, 0.2) is 48.8 Å². The van der Waals surface area contributed by atoms with Gasteiger partial charge in [0.15, 0.2) is 0 Å². The number of halogens is 2. The molecular weight excluding hydrogens is 615 g/mol. The molecule has 5 heteroatoms. The summed E-state index contributed by atoms with van der Waals surface area (Å²) in [6, 6.07) is 5.27. The van der Waals surface area contributed by atoms with E-state index in [1.54, 1.807) is 0 Å². The van der Waals surface area contributed by atoms with Crippen molar-refractivity contribution in [3.63, 3.8) is 0 Å². The Labute approximate surface area is 217 Å². The molecule has 2 nitrogen and oxygen atoms in total. The van der Waals surface area contributed by atoms with E-state index in [1.807, 2.05) is 0 Å². The van der Waals surface area contributed by atoms with Gasteiger partial charge in [-0.25, -0.2) is 0 Å². The van der Waals surface area contributed by atoms with E-state index in [1.165, 1.54) is 90.5 Å². The third-order valence-corrected chi connectivity index (χ3v) is 7.43. The molecule has 0 radical (unpaired) electrons. The van der Waals surface area contributed by atoms with Gasteiger partial charge in [-0.05, 0) is 25.7 Å². The van der Waals surface area contributed by atoms with Gasteiger partial charge >= 0.3 is 144 Å². The minimum absolute atomic E-state index is 0. The van der Waals surface area contributed by atoms with Crippen LogP contribution < -0.4 is 24.8 Å². The fourth-order valence-corrected chi connectivity index (χ4v) is 5.83. The van der Waals surface area contributed by atoms with Gasteiger partial charge in [0.2, 0.25) is 0 Å². The van der Waals surface area contributed by atoms with E-state index in [2.05, 4.69) is 97.2 Å². The van der Waals surface area contributed by atoms with E-state index in [4.69, 9.17) is 0 Å². The minimum Gasteiger partial charge on any atom is -1.00 e. The largest absolute Gasteiger partial charge is 1.00 e. The van der Waals surface area contributed by atoms with Gasteiger partial charge in [-0.1, -0.05) is 24.3 Å². The molecule has 0 atom stereocenters. The zero-order valence-electron chi connectivity index (χ0n) is 19.8. The number of rotatable bonds is 2. The fourth-order valence-electron chi connectivity index (χ4n) is 4.77. The van der Waals surface area contributed by atoms with Gasteiger partial charge in [-0.3, -0.25) is 0 Å². The number of aromatic nitrogens is 2. The predicted molar refractivity (Wildman–Crippen MR) is 125 cm³/mol. The fraction of sp³-hybridized carbons (Fsp3) is 0.519. The molecule has 2 aliphatic carbocycles. The molecule has 0 saturated heterocycles. The van der Waals surface area contributed by atoms with Crippen molar-refractivity contribution in [2.75, 3.05) is 0 Å². The molecule has 0 aliphatic heterocycles. The first-order chi connectivity index (χ1) is 14.6. The second-order valence-electron chi connectivity index (χ2n) is 8.86. The van der Waals surface area contributed by atoms with Crippen LogP contribution in [-0.4, -0.2) is 9.13 Å². The number of nitrogens with zero attached hydrogens (tertiary/aromatic N) is 2. The van der Waals surface area contributed by atoms with E-state index in [9.17, 15) is 0 Å². The average Bonchev–Trinajstić information content (AvgIpc) is 2.88. The first-order valence-electron chi connectivity index (χ1n) is 11.7. The van der Waals surface area contributed by atoms with Gasteiger partial charge in [0.1, 0.15) is 0 Å². The third kappa shape index (κ3) is 8.17. The van der Waals surface area contributed by atoms with E-state index < -0.39 is 0 Å². The molecule has 1 saturated carbocycles. The molecule has 179 valence electrons. The maximum atomic E-state index is 2.52. The maximum absolute atomic E-state index is 2.52. The summed E-state index contributed by atoms with van der Waals surface area (Å²) in [7, 11) is 0. The van der Waals surface area contributed by atoms with Gasteiger partial charge in [0, 0.05) is 0 Å². The Hall–Kier alpha value is -0.861. The molecule has 0 amide bonds. The van der Waals surface area contributed by atoms with Gasteiger partial charge in [-0.15, -0.1) is 0 Å². The Morgan fingerprint density at radius 1 is 0.750 bits per heavy atom. The summed E-state index contributed by atoms with van der Waals surface area (Å²) in [5, 5.41) is 0. The molecule has 0 unspecified atom stereocenters. The SMILES string of the molecule is C1=C\CCCC\C=C/1.Cc1cc(C)c(-n2ccn(C3CCCCCC3)[c]2=[Ir+2])c(C)c1.[Cl-].[Cl-]. The van der Waals surface area contributed by atoms with Gasteiger partial charge < -0.3 is 24.8 Å². The summed E-state index contributed by atoms with van der Waals surface area (Å²) in [6.45, 7) is 6.63. The Balaban J connectivity index is 0.000000437. The van der Waals surface area contributed by atoms with Crippen molar-refractivity contribution in [2.45, 2.75) is 91.0 Å². The van der Waals surface area contributed by atoms with Crippen molar-refractivity contribution in [3.8, 4) is 5.69 Å². The Morgan fingerprint density at radius 2 is 1.28 bits per heavy atom. The van der Waals surface area contributed by atoms with Crippen LogP contribution in [0.3, 0.4) is 0 Å². The molecule has 2 aliphatic rings. The zero-order chi connectivity index (χ0) is 21.3.